The van der Waals surface area contributed by atoms with Crippen molar-refractivity contribution in [3.05, 3.63) is 33.8 Å². The third kappa shape index (κ3) is 2.38. The van der Waals surface area contributed by atoms with E-state index in [9.17, 15) is 4.79 Å². The highest BCUT2D eigenvalue weighted by Gasteiger charge is 2.21. The summed E-state index contributed by atoms with van der Waals surface area (Å²) in [6.07, 6.45) is 0. The SMILES string of the molecule is Cc1cc(Br)ccc1C(=O)NC1COC1. The van der Waals surface area contributed by atoms with Gasteiger partial charge in [0.25, 0.3) is 5.91 Å². The summed E-state index contributed by atoms with van der Waals surface area (Å²) >= 11 is 3.37. The minimum atomic E-state index is -0.0201. The molecule has 0 radical (unpaired) electrons. The molecule has 1 amide bonds. The van der Waals surface area contributed by atoms with Gasteiger partial charge in [0.1, 0.15) is 0 Å². The monoisotopic (exact) mass is 269 g/mol. The molecule has 1 aromatic rings. The van der Waals surface area contributed by atoms with Gasteiger partial charge in [0, 0.05) is 10.0 Å². The van der Waals surface area contributed by atoms with E-state index in [1.807, 2.05) is 25.1 Å². The third-order valence-corrected chi connectivity index (χ3v) is 2.90. The Balaban J connectivity index is 2.10. The van der Waals surface area contributed by atoms with E-state index in [2.05, 4.69) is 21.2 Å². The number of benzene rings is 1. The Hall–Kier alpha value is -0.870. The first-order chi connectivity index (χ1) is 7.16. The predicted molar refractivity (Wildman–Crippen MR) is 61.0 cm³/mol. The van der Waals surface area contributed by atoms with Crippen LogP contribution in [-0.2, 0) is 4.74 Å². The molecule has 0 aliphatic carbocycles. The molecule has 0 saturated carbocycles. The lowest BCUT2D eigenvalue weighted by Gasteiger charge is -2.27. The zero-order valence-corrected chi connectivity index (χ0v) is 10.0. The topological polar surface area (TPSA) is 38.3 Å². The molecule has 1 aliphatic rings. The highest BCUT2D eigenvalue weighted by molar-refractivity contribution is 9.10. The van der Waals surface area contributed by atoms with Gasteiger partial charge in [-0.25, -0.2) is 0 Å². The Labute approximate surface area is 96.9 Å². The van der Waals surface area contributed by atoms with Crippen LogP contribution in [-0.4, -0.2) is 25.2 Å². The zero-order chi connectivity index (χ0) is 10.8. The number of ether oxygens (including phenoxy) is 1. The molecule has 1 aromatic carbocycles. The minimum Gasteiger partial charge on any atom is -0.377 e. The van der Waals surface area contributed by atoms with E-state index in [1.54, 1.807) is 0 Å². The number of aryl methyl sites for hydroxylation is 1. The van der Waals surface area contributed by atoms with E-state index >= 15 is 0 Å². The normalized spacial score (nSPS) is 15.9. The number of amides is 1. The Morgan fingerprint density at radius 2 is 2.27 bits per heavy atom. The fourth-order valence-electron chi connectivity index (χ4n) is 1.46. The molecule has 1 heterocycles. The van der Waals surface area contributed by atoms with Crippen LogP contribution in [0.4, 0.5) is 0 Å². The van der Waals surface area contributed by atoms with Crippen molar-refractivity contribution in [1.82, 2.24) is 5.32 Å². The molecule has 1 saturated heterocycles. The molecule has 3 nitrogen and oxygen atoms in total. The predicted octanol–water partition coefficient (Wildman–Crippen LogP) is 1.89. The lowest BCUT2D eigenvalue weighted by Crippen LogP contribution is -2.48. The molecule has 0 aromatic heterocycles. The van der Waals surface area contributed by atoms with E-state index in [1.165, 1.54) is 0 Å². The number of carbonyl (C=O) groups is 1. The lowest BCUT2D eigenvalue weighted by atomic mass is 10.1. The van der Waals surface area contributed by atoms with Crippen molar-refractivity contribution in [2.45, 2.75) is 13.0 Å². The second kappa shape index (κ2) is 4.33. The van der Waals surface area contributed by atoms with Crippen molar-refractivity contribution in [2.75, 3.05) is 13.2 Å². The highest BCUT2D eigenvalue weighted by Crippen LogP contribution is 2.16. The van der Waals surface area contributed by atoms with Crippen LogP contribution < -0.4 is 5.32 Å². The number of hydrogen-bond acceptors (Lipinski definition) is 2. The fourth-order valence-corrected chi connectivity index (χ4v) is 1.94. The average molecular weight is 270 g/mol. The Bertz CT molecular complexity index is 388. The molecule has 4 heteroatoms. The van der Waals surface area contributed by atoms with Crippen LogP contribution in [0.25, 0.3) is 0 Å². The molecule has 1 aliphatic heterocycles. The van der Waals surface area contributed by atoms with Gasteiger partial charge in [-0.1, -0.05) is 15.9 Å². The summed E-state index contributed by atoms with van der Waals surface area (Å²) in [6, 6.07) is 5.82. The van der Waals surface area contributed by atoms with Gasteiger partial charge < -0.3 is 10.1 Å². The van der Waals surface area contributed by atoms with Crippen molar-refractivity contribution in [1.29, 1.82) is 0 Å². The van der Waals surface area contributed by atoms with Gasteiger partial charge in [-0.15, -0.1) is 0 Å². The van der Waals surface area contributed by atoms with Crippen molar-refractivity contribution in [3.63, 3.8) is 0 Å². The van der Waals surface area contributed by atoms with Crippen LogP contribution >= 0.6 is 15.9 Å². The number of nitrogens with one attached hydrogen (secondary N) is 1. The van der Waals surface area contributed by atoms with Gasteiger partial charge in [-0.3, -0.25) is 4.79 Å². The lowest BCUT2D eigenvalue weighted by molar-refractivity contribution is -0.00347. The van der Waals surface area contributed by atoms with Gasteiger partial charge in [0.05, 0.1) is 19.3 Å². The smallest absolute Gasteiger partial charge is 0.251 e. The Kier molecular flexibility index (Phi) is 3.07. The molecule has 0 bridgehead atoms. The fraction of sp³-hybridized carbons (Fsp3) is 0.364. The average Bonchev–Trinajstić information content (AvgIpc) is 2.11. The molecule has 0 unspecified atom stereocenters. The largest absolute Gasteiger partial charge is 0.377 e. The summed E-state index contributed by atoms with van der Waals surface area (Å²) in [7, 11) is 0. The summed E-state index contributed by atoms with van der Waals surface area (Å²) in [5, 5.41) is 2.91. The van der Waals surface area contributed by atoms with Gasteiger partial charge >= 0.3 is 0 Å². The van der Waals surface area contributed by atoms with E-state index in [0.717, 1.165) is 15.6 Å². The Morgan fingerprint density at radius 3 is 2.80 bits per heavy atom. The maximum Gasteiger partial charge on any atom is 0.251 e. The molecule has 0 spiro atoms. The standard InChI is InChI=1S/C11H12BrNO2/c1-7-4-8(12)2-3-10(7)11(14)13-9-5-15-6-9/h2-4,9H,5-6H2,1H3,(H,13,14). The molecular weight excluding hydrogens is 258 g/mol. The first-order valence-electron chi connectivity index (χ1n) is 4.81. The van der Waals surface area contributed by atoms with Gasteiger partial charge in [-0.2, -0.15) is 0 Å². The number of rotatable bonds is 2. The van der Waals surface area contributed by atoms with Crippen molar-refractivity contribution in [3.8, 4) is 0 Å². The first kappa shape index (κ1) is 10.6. The molecular formula is C11H12BrNO2. The summed E-state index contributed by atoms with van der Waals surface area (Å²) in [4.78, 5) is 11.8. The molecule has 0 atom stereocenters. The molecule has 1 N–H and O–H groups in total. The maximum atomic E-state index is 11.8. The van der Waals surface area contributed by atoms with E-state index in [-0.39, 0.29) is 11.9 Å². The van der Waals surface area contributed by atoms with E-state index in [4.69, 9.17) is 4.74 Å². The maximum absolute atomic E-state index is 11.8. The summed E-state index contributed by atoms with van der Waals surface area (Å²) in [5.41, 5.74) is 1.70. The molecule has 80 valence electrons. The van der Waals surface area contributed by atoms with Crippen LogP contribution in [0.1, 0.15) is 15.9 Å². The van der Waals surface area contributed by atoms with Crippen LogP contribution in [0.15, 0.2) is 22.7 Å². The molecule has 15 heavy (non-hydrogen) atoms. The summed E-state index contributed by atoms with van der Waals surface area (Å²) in [6.45, 7) is 3.18. The quantitative estimate of drug-likeness (QED) is 0.891. The van der Waals surface area contributed by atoms with Crippen molar-refractivity contribution >= 4 is 21.8 Å². The van der Waals surface area contributed by atoms with Crippen LogP contribution in [0, 0.1) is 6.92 Å². The minimum absolute atomic E-state index is 0.0201. The second-order valence-electron chi connectivity index (χ2n) is 3.67. The zero-order valence-electron chi connectivity index (χ0n) is 8.42. The van der Waals surface area contributed by atoms with Gasteiger partial charge in [-0.05, 0) is 30.7 Å². The van der Waals surface area contributed by atoms with Crippen LogP contribution in [0.5, 0.6) is 0 Å². The van der Waals surface area contributed by atoms with Crippen molar-refractivity contribution < 1.29 is 9.53 Å². The third-order valence-electron chi connectivity index (χ3n) is 2.41. The van der Waals surface area contributed by atoms with Gasteiger partial charge in [0.15, 0.2) is 0 Å². The number of carbonyl (C=O) groups excluding carboxylic acids is 1. The first-order valence-corrected chi connectivity index (χ1v) is 5.61. The second-order valence-corrected chi connectivity index (χ2v) is 4.58. The molecule has 1 fully saturated rings. The van der Waals surface area contributed by atoms with E-state index in [0.29, 0.717) is 13.2 Å². The van der Waals surface area contributed by atoms with Gasteiger partial charge in [0.2, 0.25) is 0 Å². The number of halogens is 1. The molecule has 2 rings (SSSR count). The van der Waals surface area contributed by atoms with E-state index < -0.39 is 0 Å². The van der Waals surface area contributed by atoms with Crippen molar-refractivity contribution in [2.24, 2.45) is 0 Å². The summed E-state index contributed by atoms with van der Waals surface area (Å²) in [5.74, 6) is -0.0201. The number of hydrogen-bond donors (Lipinski definition) is 1. The highest BCUT2D eigenvalue weighted by atomic mass is 79.9. The van der Waals surface area contributed by atoms with Crippen LogP contribution in [0.3, 0.4) is 0 Å². The Morgan fingerprint density at radius 1 is 1.53 bits per heavy atom. The van der Waals surface area contributed by atoms with Crippen LogP contribution in [0.2, 0.25) is 0 Å². The summed E-state index contributed by atoms with van der Waals surface area (Å²) < 4.78 is 5.99.